The molecule has 17 heavy (non-hydrogen) atoms. The Morgan fingerprint density at radius 3 is 2.82 bits per heavy atom. The number of methoxy groups -OCH3 is 1. The highest BCUT2D eigenvalue weighted by atomic mass is 16.5. The molecule has 5 heteroatoms. The standard InChI is InChI=1S/C12H18N2O3/c1-14-12(15)5-6-17-11-4-3-10(16-2)7-9(11)8-13/h3-4,7H,5-6,8,13H2,1-2H3,(H,14,15). The minimum absolute atomic E-state index is 0.0483. The van der Waals surface area contributed by atoms with Crippen molar-refractivity contribution in [3.05, 3.63) is 23.8 Å². The lowest BCUT2D eigenvalue weighted by molar-refractivity contribution is -0.121. The van der Waals surface area contributed by atoms with Crippen LogP contribution in [-0.4, -0.2) is 26.7 Å². The number of carbonyl (C=O) groups excluding carboxylic acids is 1. The molecule has 0 aliphatic carbocycles. The monoisotopic (exact) mass is 238 g/mol. The van der Waals surface area contributed by atoms with Crippen LogP contribution in [0.2, 0.25) is 0 Å². The van der Waals surface area contributed by atoms with E-state index in [1.54, 1.807) is 26.3 Å². The third-order valence-corrected chi connectivity index (χ3v) is 2.35. The van der Waals surface area contributed by atoms with Gasteiger partial charge in [0.15, 0.2) is 0 Å². The number of ether oxygens (including phenoxy) is 2. The van der Waals surface area contributed by atoms with Gasteiger partial charge < -0.3 is 20.5 Å². The summed E-state index contributed by atoms with van der Waals surface area (Å²) in [4.78, 5) is 11.0. The van der Waals surface area contributed by atoms with Gasteiger partial charge in [-0.2, -0.15) is 0 Å². The van der Waals surface area contributed by atoms with E-state index in [9.17, 15) is 4.79 Å². The van der Waals surface area contributed by atoms with Crippen molar-refractivity contribution in [1.82, 2.24) is 5.32 Å². The molecule has 0 unspecified atom stereocenters. The molecule has 0 aliphatic rings. The van der Waals surface area contributed by atoms with Crippen LogP contribution >= 0.6 is 0 Å². The Hall–Kier alpha value is -1.75. The molecule has 94 valence electrons. The van der Waals surface area contributed by atoms with Gasteiger partial charge in [-0.1, -0.05) is 0 Å². The van der Waals surface area contributed by atoms with Crippen molar-refractivity contribution in [3.63, 3.8) is 0 Å². The van der Waals surface area contributed by atoms with Crippen LogP contribution in [0.4, 0.5) is 0 Å². The molecular formula is C12H18N2O3. The molecule has 0 heterocycles. The molecule has 0 spiro atoms. The van der Waals surface area contributed by atoms with Crippen molar-refractivity contribution in [2.24, 2.45) is 5.73 Å². The van der Waals surface area contributed by atoms with Crippen LogP contribution in [0.25, 0.3) is 0 Å². The number of benzene rings is 1. The predicted octanol–water partition coefficient (Wildman–Crippen LogP) is 0.669. The quantitative estimate of drug-likeness (QED) is 0.764. The first-order chi connectivity index (χ1) is 8.21. The highest BCUT2D eigenvalue weighted by Crippen LogP contribution is 2.23. The molecule has 0 aromatic heterocycles. The molecule has 0 atom stereocenters. The van der Waals surface area contributed by atoms with Crippen molar-refractivity contribution in [2.75, 3.05) is 20.8 Å². The maximum absolute atomic E-state index is 11.0. The fourth-order valence-electron chi connectivity index (χ4n) is 1.36. The Morgan fingerprint density at radius 2 is 2.24 bits per heavy atom. The van der Waals surface area contributed by atoms with E-state index >= 15 is 0 Å². The van der Waals surface area contributed by atoms with E-state index in [-0.39, 0.29) is 5.91 Å². The van der Waals surface area contributed by atoms with Gasteiger partial charge in [0, 0.05) is 19.2 Å². The average molecular weight is 238 g/mol. The third-order valence-electron chi connectivity index (χ3n) is 2.35. The summed E-state index contributed by atoms with van der Waals surface area (Å²) in [5, 5.41) is 2.53. The maximum atomic E-state index is 11.0. The van der Waals surface area contributed by atoms with Gasteiger partial charge in [0.25, 0.3) is 0 Å². The van der Waals surface area contributed by atoms with Crippen LogP contribution in [0.1, 0.15) is 12.0 Å². The van der Waals surface area contributed by atoms with Gasteiger partial charge in [-0.05, 0) is 18.2 Å². The SMILES string of the molecule is CNC(=O)CCOc1ccc(OC)cc1CN. The van der Waals surface area contributed by atoms with Gasteiger partial charge in [0.2, 0.25) is 5.91 Å². The lowest BCUT2D eigenvalue weighted by Crippen LogP contribution is -2.20. The zero-order valence-electron chi connectivity index (χ0n) is 10.2. The molecule has 0 fully saturated rings. The number of rotatable bonds is 6. The van der Waals surface area contributed by atoms with Gasteiger partial charge in [-0.25, -0.2) is 0 Å². The number of amides is 1. The largest absolute Gasteiger partial charge is 0.497 e. The Balaban J connectivity index is 2.61. The second kappa shape index (κ2) is 6.75. The summed E-state index contributed by atoms with van der Waals surface area (Å²) in [6.45, 7) is 0.700. The molecule has 1 aromatic rings. The summed E-state index contributed by atoms with van der Waals surface area (Å²) in [5.41, 5.74) is 6.48. The summed E-state index contributed by atoms with van der Waals surface area (Å²) in [6.07, 6.45) is 0.326. The number of carbonyl (C=O) groups is 1. The minimum atomic E-state index is -0.0483. The van der Waals surface area contributed by atoms with E-state index in [4.69, 9.17) is 15.2 Å². The van der Waals surface area contributed by atoms with Gasteiger partial charge in [-0.15, -0.1) is 0 Å². The molecule has 0 saturated carbocycles. The molecule has 1 aromatic carbocycles. The van der Waals surface area contributed by atoms with Crippen LogP contribution in [0, 0.1) is 0 Å². The fraction of sp³-hybridized carbons (Fsp3) is 0.417. The highest BCUT2D eigenvalue weighted by molar-refractivity contribution is 5.75. The Bertz CT molecular complexity index is 380. The van der Waals surface area contributed by atoms with Crippen LogP contribution in [0.3, 0.4) is 0 Å². The summed E-state index contributed by atoms with van der Waals surface area (Å²) in [7, 11) is 3.20. The first-order valence-corrected chi connectivity index (χ1v) is 5.41. The van der Waals surface area contributed by atoms with Crippen molar-refractivity contribution >= 4 is 5.91 Å². The molecule has 1 rings (SSSR count). The second-order valence-corrected chi connectivity index (χ2v) is 3.45. The molecule has 3 N–H and O–H groups in total. The summed E-state index contributed by atoms with van der Waals surface area (Å²) < 4.78 is 10.6. The normalized spacial score (nSPS) is 9.82. The molecule has 0 saturated heterocycles. The first-order valence-electron chi connectivity index (χ1n) is 5.41. The summed E-state index contributed by atoms with van der Waals surface area (Å²) in [5.74, 6) is 1.38. The lowest BCUT2D eigenvalue weighted by atomic mass is 10.2. The number of hydrogen-bond donors (Lipinski definition) is 2. The molecule has 0 bridgehead atoms. The Kier molecular flexibility index (Phi) is 5.29. The summed E-state index contributed by atoms with van der Waals surface area (Å²) in [6, 6.07) is 5.43. The van der Waals surface area contributed by atoms with E-state index in [0.29, 0.717) is 25.3 Å². The molecule has 1 amide bonds. The van der Waals surface area contributed by atoms with Crippen molar-refractivity contribution in [1.29, 1.82) is 0 Å². The topological polar surface area (TPSA) is 73.6 Å². The van der Waals surface area contributed by atoms with Gasteiger partial charge >= 0.3 is 0 Å². The van der Waals surface area contributed by atoms with E-state index in [1.165, 1.54) is 0 Å². The Morgan fingerprint density at radius 1 is 1.47 bits per heavy atom. The van der Waals surface area contributed by atoms with Crippen LogP contribution in [0.5, 0.6) is 11.5 Å². The first kappa shape index (κ1) is 13.3. The zero-order valence-corrected chi connectivity index (χ0v) is 10.2. The van der Waals surface area contributed by atoms with E-state index < -0.39 is 0 Å². The predicted molar refractivity (Wildman–Crippen MR) is 65.1 cm³/mol. The van der Waals surface area contributed by atoms with Crippen molar-refractivity contribution < 1.29 is 14.3 Å². The van der Waals surface area contributed by atoms with Gasteiger partial charge in [0.05, 0.1) is 20.1 Å². The highest BCUT2D eigenvalue weighted by Gasteiger charge is 2.05. The smallest absolute Gasteiger partial charge is 0.223 e. The molecule has 0 aliphatic heterocycles. The van der Waals surface area contributed by atoms with Crippen LogP contribution in [-0.2, 0) is 11.3 Å². The van der Waals surface area contributed by atoms with E-state index in [1.807, 2.05) is 6.07 Å². The second-order valence-electron chi connectivity index (χ2n) is 3.45. The average Bonchev–Trinajstić information content (AvgIpc) is 2.38. The van der Waals surface area contributed by atoms with Crippen molar-refractivity contribution in [3.8, 4) is 11.5 Å². The maximum Gasteiger partial charge on any atom is 0.223 e. The van der Waals surface area contributed by atoms with E-state index in [0.717, 1.165) is 11.3 Å². The van der Waals surface area contributed by atoms with Crippen LogP contribution in [0.15, 0.2) is 18.2 Å². The fourth-order valence-corrected chi connectivity index (χ4v) is 1.36. The van der Waals surface area contributed by atoms with Gasteiger partial charge in [0.1, 0.15) is 11.5 Å². The molecule has 0 radical (unpaired) electrons. The summed E-state index contributed by atoms with van der Waals surface area (Å²) >= 11 is 0. The van der Waals surface area contributed by atoms with E-state index in [2.05, 4.69) is 5.32 Å². The van der Waals surface area contributed by atoms with Crippen molar-refractivity contribution in [2.45, 2.75) is 13.0 Å². The van der Waals surface area contributed by atoms with Crippen LogP contribution < -0.4 is 20.5 Å². The number of hydrogen-bond acceptors (Lipinski definition) is 4. The lowest BCUT2D eigenvalue weighted by Gasteiger charge is -2.11. The number of nitrogens with two attached hydrogens (primary N) is 1. The molecular weight excluding hydrogens is 220 g/mol. The van der Waals surface area contributed by atoms with Gasteiger partial charge in [-0.3, -0.25) is 4.79 Å². The minimum Gasteiger partial charge on any atom is -0.497 e. The number of nitrogens with one attached hydrogen (secondary N) is 1. The molecule has 5 nitrogen and oxygen atoms in total. The zero-order chi connectivity index (χ0) is 12.7. The third kappa shape index (κ3) is 3.96. The Labute approximate surface area is 101 Å².